The topological polar surface area (TPSA) is 64.0 Å². The van der Waals surface area contributed by atoms with Crippen LogP contribution < -0.4 is 0 Å². The number of amides is 1. The number of aliphatic hydroxyl groups is 2. The molecule has 86 valence electrons. The van der Waals surface area contributed by atoms with Gasteiger partial charge in [0, 0.05) is 38.8 Å². The maximum absolute atomic E-state index is 11.5. The van der Waals surface area contributed by atoms with Crippen molar-refractivity contribution in [2.45, 2.75) is 6.92 Å². The Bertz CT molecular complexity index is 241. The van der Waals surface area contributed by atoms with Crippen LogP contribution in [-0.4, -0.2) is 65.3 Å². The molecule has 0 atom stereocenters. The maximum Gasteiger partial charge on any atom is 0.249 e. The Morgan fingerprint density at radius 1 is 1.33 bits per heavy atom. The maximum atomic E-state index is 11.5. The summed E-state index contributed by atoms with van der Waals surface area (Å²) in [5, 5.41) is 17.7. The number of carbonyl (C=O) groups excluding carboxylic acids is 1. The molecule has 0 unspecified atom stereocenters. The first-order valence-electron chi connectivity index (χ1n) is 5.13. The average molecular weight is 214 g/mol. The highest BCUT2D eigenvalue weighted by Crippen LogP contribution is 2.02. The molecule has 15 heavy (non-hydrogen) atoms. The van der Waals surface area contributed by atoms with Crippen LogP contribution >= 0.6 is 0 Å². The molecule has 1 aliphatic heterocycles. The fraction of sp³-hybridized carbons (Fsp3) is 0.700. The van der Waals surface area contributed by atoms with Crippen molar-refractivity contribution in [1.82, 2.24) is 9.80 Å². The predicted octanol–water partition coefficient (Wildman–Crippen LogP) is -0.415. The van der Waals surface area contributed by atoms with E-state index in [1.165, 1.54) is 13.0 Å². The first-order valence-corrected chi connectivity index (χ1v) is 5.13. The molecule has 5 heteroatoms. The molecule has 1 amide bonds. The minimum Gasteiger partial charge on any atom is -0.512 e. The highest BCUT2D eigenvalue weighted by Gasteiger charge is 2.19. The highest BCUT2D eigenvalue weighted by atomic mass is 16.3. The van der Waals surface area contributed by atoms with Crippen molar-refractivity contribution < 1.29 is 15.0 Å². The van der Waals surface area contributed by atoms with Gasteiger partial charge in [-0.2, -0.15) is 0 Å². The van der Waals surface area contributed by atoms with Crippen molar-refractivity contribution in [3.05, 3.63) is 11.8 Å². The number of hydrogen-bond donors (Lipinski definition) is 2. The zero-order valence-electron chi connectivity index (χ0n) is 9.02. The summed E-state index contributed by atoms with van der Waals surface area (Å²) in [6, 6.07) is 0. The molecule has 0 aliphatic carbocycles. The molecule has 1 saturated heterocycles. The van der Waals surface area contributed by atoms with Crippen LogP contribution in [0.5, 0.6) is 0 Å². The summed E-state index contributed by atoms with van der Waals surface area (Å²) in [5.74, 6) is -0.101. The molecule has 0 aromatic rings. The van der Waals surface area contributed by atoms with Crippen molar-refractivity contribution >= 4 is 5.91 Å². The standard InChI is InChI=1S/C10H18N2O3/c1-9(14)8-10(15)12-4-2-11(3-5-12)6-7-13/h8,13-14H,2-7H2,1H3. The number of allylic oxidation sites excluding steroid dienone is 1. The van der Waals surface area contributed by atoms with Gasteiger partial charge in [0.2, 0.25) is 5.91 Å². The van der Waals surface area contributed by atoms with Gasteiger partial charge in [0.1, 0.15) is 0 Å². The van der Waals surface area contributed by atoms with E-state index in [1.807, 2.05) is 0 Å². The van der Waals surface area contributed by atoms with Crippen molar-refractivity contribution in [3.63, 3.8) is 0 Å². The summed E-state index contributed by atoms with van der Waals surface area (Å²) in [4.78, 5) is 15.3. The third kappa shape index (κ3) is 3.89. The van der Waals surface area contributed by atoms with Gasteiger partial charge in [0.25, 0.3) is 0 Å². The van der Waals surface area contributed by atoms with Crippen molar-refractivity contribution in [3.8, 4) is 0 Å². The van der Waals surface area contributed by atoms with Crippen LogP contribution in [0.1, 0.15) is 6.92 Å². The van der Waals surface area contributed by atoms with Gasteiger partial charge in [-0.3, -0.25) is 9.69 Å². The largest absolute Gasteiger partial charge is 0.512 e. The molecule has 0 aromatic carbocycles. The molecule has 1 aliphatic rings. The summed E-state index contributed by atoms with van der Waals surface area (Å²) >= 11 is 0. The van der Waals surface area contributed by atoms with Crippen molar-refractivity contribution in [2.24, 2.45) is 0 Å². The second-order valence-electron chi connectivity index (χ2n) is 3.68. The molecule has 0 aromatic heterocycles. The molecular formula is C10H18N2O3. The quantitative estimate of drug-likeness (QED) is 0.495. The fourth-order valence-electron chi connectivity index (χ4n) is 1.60. The van der Waals surface area contributed by atoms with E-state index in [4.69, 9.17) is 10.2 Å². The normalized spacial score (nSPS) is 19.3. The van der Waals surface area contributed by atoms with Crippen LogP contribution in [-0.2, 0) is 4.79 Å². The van der Waals surface area contributed by atoms with Crippen LogP contribution in [0.15, 0.2) is 11.8 Å². The molecule has 1 rings (SSSR count). The van der Waals surface area contributed by atoms with Gasteiger partial charge in [-0.15, -0.1) is 0 Å². The van der Waals surface area contributed by atoms with Gasteiger partial charge >= 0.3 is 0 Å². The van der Waals surface area contributed by atoms with Crippen LogP contribution in [0, 0.1) is 0 Å². The lowest BCUT2D eigenvalue weighted by molar-refractivity contribution is -0.127. The smallest absolute Gasteiger partial charge is 0.249 e. The number of hydrogen-bond acceptors (Lipinski definition) is 4. The average Bonchev–Trinajstić information content (AvgIpc) is 2.18. The fourth-order valence-corrected chi connectivity index (χ4v) is 1.60. The van der Waals surface area contributed by atoms with E-state index in [0.717, 1.165) is 13.1 Å². The number of β-amino-alcohol motifs (C(OH)–C–C–N with tert-alkyl or cyclic N) is 1. The van der Waals surface area contributed by atoms with Gasteiger partial charge in [-0.1, -0.05) is 0 Å². The number of nitrogens with zero attached hydrogens (tertiary/aromatic N) is 2. The first-order chi connectivity index (χ1) is 7.13. The number of aliphatic hydroxyl groups excluding tert-OH is 2. The third-order valence-electron chi connectivity index (χ3n) is 2.43. The molecule has 0 saturated carbocycles. The predicted molar refractivity (Wildman–Crippen MR) is 56.5 cm³/mol. The molecular weight excluding hydrogens is 196 g/mol. The molecule has 0 bridgehead atoms. The Kier molecular flexibility index (Phi) is 4.58. The highest BCUT2D eigenvalue weighted by molar-refractivity contribution is 5.88. The summed E-state index contributed by atoms with van der Waals surface area (Å²) < 4.78 is 0. The molecule has 2 N–H and O–H groups in total. The van der Waals surface area contributed by atoms with Crippen LogP contribution in [0.3, 0.4) is 0 Å². The second kappa shape index (κ2) is 5.72. The Labute approximate surface area is 89.6 Å². The summed E-state index contributed by atoms with van der Waals surface area (Å²) in [6.45, 7) is 5.18. The van der Waals surface area contributed by atoms with Gasteiger partial charge < -0.3 is 15.1 Å². The van der Waals surface area contributed by atoms with E-state index >= 15 is 0 Å². The van der Waals surface area contributed by atoms with Crippen LogP contribution in [0.25, 0.3) is 0 Å². The lowest BCUT2D eigenvalue weighted by Crippen LogP contribution is -2.48. The van der Waals surface area contributed by atoms with E-state index in [9.17, 15) is 4.79 Å². The SMILES string of the molecule is CC(O)=CC(=O)N1CCN(CCO)CC1. The van der Waals surface area contributed by atoms with Crippen LogP contribution in [0.4, 0.5) is 0 Å². The van der Waals surface area contributed by atoms with Gasteiger partial charge in [0.05, 0.1) is 12.4 Å². The Balaban J connectivity index is 2.37. The number of piperazine rings is 1. The lowest BCUT2D eigenvalue weighted by Gasteiger charge is -2.33. The van der Waals surface area contributed by atoms with E-state index in [0.29, 0.717) is 19.6 Å². The molecule has 0 radical (unpaired) electrons. The minimum atomic E-state index is -0.140. The minimum absolute atomic E-state index is 0.0396. The molecule has 0 spiro atoms. The zero-order valence-corrected chi connectivity index (χ0v) is 9.02. The van der Waals surface area contributed by atoms with Gasteiger partial charge in [0.15, 0.2) is 0 Å². The summed E-state index contributed by atoms with van der Waals surface area (Å²) in [6.07, 6.45) is 1.24. The lowest BCUT2D eigenvalue weighted by atomic mass is 10.3. The van der Waals surface area contributed by atoms with Gasteiger partial charge in [-0.05, 0) is 6.92 Å². The molecule has 1 heterocycles. The zero-order chi connectivity index (χ0) is 11.3. The van der Waals surface area contributed by atoms with E-state index in [2.05, 4.69) is 4.90 Å². The third-order valence-corrected chi connectivity index (χ3v) is 2.43. The Morgan fingerprint density at radius 2 is 1.93 bits per heavy atom. The van der Waals surface area contributed by atoms with Crippen LogP contribution in [0.2, 0.25) is 0 Å². The monoisotopic (exact) mass is 214 g/mol. The van der Waals surface area contributed by atoms with Crippen molar-refractivity contribution in [1.29, 1.82) is 0 Å². The summed E-state index contributed by atoms with van der Waals surface area (Å²) in [5.41, 5.74) is 0. The van der Waals surface area contributed by atoms with E-state index < -0.39 is 0 Å². The van der Waals surface area contributed by atoms with Gasteiger partial charge in [-0.25, -0.2) is 0 Å². The summed E-state index contributed by atoms with van der Waals surface area (Å²) in [7, 11) is 0. The van der Waals surface area contributed by atoms with Crippen molar-refractivity contribution in [2.75, 3.05) is 39.3 Å². The Morgan fingerprint density at radius 3 is 2.40 bits per heavy atom. The number of carbonyl (C=O) groups is 1. The second-order valence-corrected chi connectivity index (χ2v) is 3.68. The Hall–Kier alpha value is -1.07. The van der Waals surface area contributed by atoms with E-state index in [1.54, 1.807) is 4.90 Å². The molecule has 5 nitrogen and oxygen atoms in total. The van der Waals surface area contributed by atoms with E-state index in [-0.39, 0.29) is 18.3 Å². The first kappa shape index (κ1) is 12.0. The molecule has 1 fully saturated rings. The number of rotatable bonds is 3.